The molecule has 1 saturated heterocycles. The highest BCUT2D eigenvalue weighted by molar-refractivity contribution is 6.44. The molecule has 0 saturated carbocycles. The SMILES string of the molecule is N#Cc1ccc(Cn2cc(C(=O)C(=O)N3CCCC3)c3ccccc32)cc1. The molecule has 1 fully saturated rings. The highest BCUT2D eigenvalue weighted by Crippen LogP contribution is 2.24. The zero-order chi connectivity index (χ0) is 18.8. The molecule has 0 aliphatic carbocycles. The Labute approximate surface area is 157 Å². The van der Waals surface area contributed by atoms with E-state index in [9.17, 15) is 9.59 Å². The molecule has 2 heterocycles. The van der Waals surface area contributed by atoms with Gasteiger partial charge in [0.2, 0.25) is 0 Å². The monoisotopic (exact) mass is 357 g/mol. The lowest BCUT2D eigenvalue weighted by Crippen LogP contribution is -2.34. The van der Waals surface area contributed by atoms with Crippen LogP contribution >= 0.6 is 0 Å². The van der Waals surface area contributed by atoms with Crippen molar-refractivity contribution in [2.24, 2.45) is 0 Å². The molecule has 4 rings (SSSR count). The third-order valence-electron chi connectivity index (χ3n) is 5.06. The first kappa shape index (κ1) is 17.0. The van der Waals surface area contributed by atoms with Crippen LogP contribution in [0.2, 0.25) is 0 Å². The second-order valence-corrected chi connectivity index (χ2v) is 6.82. The maximum atomic E-state index is 12.9. The van der Waals surface area contributed by atoms with Crippen LogP contribution in [0.5, 0.6) is 0 Å². The molecule has 0 spiro atoms. The van der Waals surface area contributed by atoms with Gasteiger partial charge in [0.05, 0.1) is 17.2 Å². The number of hydrogen-bond acceptors (Lipinski definition) is 3. The molecule has 1 amide bonds. The van der Waals surface area contributed by atoms with Gasteiger partial charge in [0.1, 0.15) is 0 Å². The van der Waals surface area contributed by atoms with Gasteiger partial charge < -0.3 is 9.47 Å². The Morgan fingerprint density at radius 1 is 1.00 bits per heavy atom. The minimum atomic E-state index is -0.438. The summed E-state index contributed by atoms with van der Waals surface area (Å²) < 4.78 is 1.99. The van der Waals surface area contributed by atoms with Gasteiger partial charge in [-0.1, -0.05) is 30.3 Å². The van der Waals surface area contributed by atoms with Crippen LogP contribution < -0.4 is 0 Å². The summed E-state index contributed by atoms with van der Waals surface area (Å²) in [6, 6.07) is 17.1. The van der Waals surface area contributed by atoms with Crippen molar-refractivity contribution in [3.05, 3.63) is 71.4 Å². The molecule has 1 aliphatic heterocycles. The Kier molecular flexibility index (Phi) is 4.47. The number of nitriles is 1. The van der Waals surface area contributed by atoms with Crippen LogP contribution in [0.3, 0.4) is 0 Å². The van der Waals surface area contributed by atoms with Crippen LogP contribution in [-0.4, -0.2) is 34.2 Å². The summed E-state index contributed by atoms with van der Waals surface area (Å²) in [6.07, 6.45) is 3.69. The largest absolute Gasteiger partial charge is 0.342 e. The minimum absolute atomic E-state index is 0.409. The molecule has 5 heteroatoms. The van der Waals surface area contributed by atoms with Gasteiger partial charge in [-0.2, -0.15) is 5.26 Å². The van der Waals surface area contributed by atoms with E-state index in [2.05, 4.69) is 6.07 Å². The van der Waals surface area contributed by atoms with E-state index in [0.29, 0.717) is 30.8 Å². The molecule has 0 atom stereocenters. The van der Waals surface area contributed by atoms with Gasteiger partial charge in [-0.15, -0.1) is 0 Å². The number of likely N-dealkylation sites (tertiary alicyclic amines) is 1. The number of aromatic nitrogens is 1. The lowest BCUT2D eigenvalue weighted by atomic mass is 10.1. The van der Waals surface area contributed by atoms with Gasteiger partial charge in [0, 0.05) is 36.7 Å². The molecule has 1 aliphatic rings. The number of para-hydroxylation sites is 1. The van der Waals surface area contributed by atoms with Crippen LogP contribution in [0.1, 0.15) is 34.3 Å². The van der Waals surface area contributed by atoms with Crippen molar-refractivity contribution in [3.63, 3.8) is 0 Å². The molecule has 27 heavy (non-hydrogen) atoms. The fraction of sp³-hybridized carbons (Fsp3) is 0.227. The Bertz CT molecular complexity index is 1050. The summed E-state index contributed by atoms with van der Waals surface area (Å²) in [5.74, 6) is -0.847. The van der Waals surface area contributed by atoms with Crippen molar-refractivity contribution in [1.29, 1.82) is 5.26 Å². The second-order valence-electron chi connectivity index (χ2n) is 6.82. The molecule has 0 N–H and O–H groups in total. The van der Waals surface area contributed by atoms with Crippen molar-refractivity contribution in [2.75, 3.05) is 13.1 Å². The Morgan fingerprint density at radius 2 is 1.70 bits per heavy atom. The Balaban J connectivity index is 1.69. The second kappa shape index (κ2) is 7.08. The zero-order valence-corrected chi connectivity index (χ0v) is 14.9. The lowest BCUT2D eigenvalue weighted by Gasteiger charge is -2.13. The highest BCUT2D eigenvalue weighted by atomic mass is 16.2. The van der Waals surface area contributed by atoms with Crippen LogP contribution in [0.15, 0.2) is 54.7 Å². The van der Waals surface area contributed by atoms with E-state index >= 15 is 0 Å². The zero-order valence-electron chi connectivity index (χ0n) is 14.9. The smallest absolute Gasteiger partial charge is 0.295 e. The van der Waals surface area contributed by atoms with E-state index in [1.54, 1.807) is 23.2 Å². The normalized spacial score (nSPS) is 13.7. The van der Waals surface area contributed by atoms with Crippen LogP contribution in [0.25, 0.3) is 10.9 Å². The molecule has 1 aromatic heterocycles. The molecular formula is C22H19N3O2. The number of benzene rings is 2. The number of ketones is 1. The van der Waals surface area contributed by atoms with Crippen molar-refractivity contribution in [1.82, 2.24) is 9.47 Å². The van der Waals surface area contributed by atoms with E-state index in [4.69, 9.17) is 5.26 Å². The predicted octanol–water partition coefficient (Wildman–Crippen LogP) is 3.37. The number of amides is 1. The molecule has 5 nitrogen and oxygen atoms in total. The Hall–Kier alpha value is -3.39. The first-order valence-corrected chi connectivity index (χ1v) is 9.08. The number of carbonyl (C=O) groups is 2. The predicted molar refractivity (Wildman–Crippen MR) is 102 cm³/mol. The topological polar surface area (TPSA) is 66.1 Å². The number of nitrogens with zero attached hydrogens (tertiary/aromatic N) is 3. The average molecular weight is 357 g/mol. The molecular weight excluding hydrogens is 338 g/mol. The van der Waals surface area contributed by atoms with E-state index in [1.165, 1.54) is 0 Å². The van der Waals surface area contributed by atoms with Gasteiger partial charge >= 0.3 is 0 Å². The lowest BCUT2D eigenvalue weighted by molar-refractivity contribution is -0.125. The van der Waals surface area contributed by atoms with Crippen molar-refractivity contribution in [3.8, 4) is 6.07 Å². The fourth-order valence-electron chi connectivity index (χ4n) is 3.62. The van der Waals surface area contributed by atoms with Gasteiger partial charge in [-0.05, 0) is 36.6 Å². The maximum absolute atomic E-state index is 12.9. The summed E-state index contributed by atoms with van der Waals surface area (Å²) in [5, 5.41) is 9.73. The number of rotatable bonds is 4. The van der Waals surface area contributed by atoms with Crippen LogP contribution in [-0.2, 0) is 11.3 Å². The summed E-state index contributed by atoms with van der Waals surface area (Å²) in [7, 11) is 0. The van der Waals surface area contributed by atoms with Crippen molar-refractivity contribution in [2.45, 2.75) is 19.4 Å². The number of fused-ring (bicyclic) bond motifs is 1. The molecule has 0 radical (unpaired) electrons. The van der Waals surface area contributed by atoms with Crippen molar-refractivity contribution < 1.29 is 9.59 Å². The van der Waals surface area contributed by atoms with Crippen LogP contribution in [0, 0.1) is 11.3 Å². The summed E-state index contributed by atoms with van der Waals surface area (Å²) in [6.45, 7) is 1.89. The van der Waals surface area contributed by atoms with Crippen molar-refractivity contribution >= 4 is 22.6 Å². The first-order valence-electron chi connectivity index (χ1n) is 9.08. The first-order chi connectivity index (χ1) is 13.2. The Morgan fingerprint density at radius 3 is 2.41 bits per heavy atom. The van der Waals surface area contributed by atoms with Gasteiger partial charge in [0.15, 0.2) is 0 Å². The van der Waals surface area contributed by atoms with Gasteiger partial charge in [-0.25, -0.2) is 0 Å². The standard InChI is InChI=1S/C22H19N3O2/c23-13-16-7-9-17(10-8-16)14-25-15-19(18-5-1-2-6-20(18)25)21(26)22(27)24-11-3-4-12-24/h1-2,5-10,15H,3-4,11-12,14H2. The molecule has 134 valence electrons. The number of Topliss-reactive ketones (excluding diaryl/α,β-unsaturated/α-hetero) is 1. The van der Waals surface area contributed by atoms with Crippen LogP contribution in [0.4, 0.5) is 0 Å². The average Bonchev–Trinajstić information content (AvgIpc) is 3.36. The maximum Gasteiger partial charge on any atom is 0.295 e. The summed E-state index contributed by atoms with van der Waals surface area (Å²) in [5.41, 5.74) is 3.01. The summed E-state index contributed by atoms with van der Waals surface area (Å²) >= 11 is 0. The third kappa shape index (κ3) is 3.22. The highest BCUT2D eigenvalue weighted by Gasteiger charge is 2.27. The molecule has 0 unspecified atom stereocenters. The number of carbonyl (C=O) groups excluding carboxylic acids is 2. The van der Waals surface area contributed by atoms with E-state index in [1.807, 2.05) is 41.0 Å². The van der Waals surface area contributed by atoms with E-state index < -0.39 is 11.7 Å². The van der Waals surface area contributed by atoms with E-state index in [-0.39, 0.29) is 0 Å². The molecule has 2 aromatic carbocycles. The summed E-state index contributed by atoms with van der Waals surface area (Å²) in [4.78, 5) is 27.1. The van der Waals surface area contributed by atoms with E-state index in [0.717, 1.165) is 29.3 Å². The van der Waals surface area contributed by atoms with Gasteiger partial charge in [0.25, 0.3) is 11.7 Å². The quantitative estimate of drug-likeness (QED) is 0.531. The fourth-order valence-corrected chi connectivity index (χ4v) is 3.62. The molecule has 3 aromatic rings. The third-order valence-corrected chi connectivity index (χ3v) is 5.06. The molecule has 0 bridgehead atoms. The van der Waals surface area contributed by atoms with Gasteiger partial charge in [-0.3, -0.25) is 9.59 Å². The number of hydrogen-bond donors (Lipinski definition) is 0. The minimum Gasteiger partial charge on any atom is -0.342 e.